The molecule has 0 saturated heterocycles. The fourth-order valence-corrected chi connectivity index (χ4v) is 1.75. The SMILES string of the molecule is CNC(=O)Cn1ccnc1Cc1ccccc1N. The third kappa shape index (κ3) is 2.68. The number of rotatable bonds is 4. The van der Waals surface area contributed by atoms with Gasteiger partial charge in [0.05, 0.1) is 0 Å². The zero-order valence-electron chi connectivity index (χ0n) is 10.3. The number of likely N-dealkylation sites (N-methyl/N-ethyl adjacent to an activating group) is 1. The number of anilines is 1. The summed E-state index contributed by atoms with van der Waals surface area (Å²) in [7, 11) is 1.62. The second kappa shape index (κ2) is 5.35. The van der Waals surface area contributed by atoms with E-state index in [0.717, 1.165) is 17.1 Å². The first-order valence-electron chi connectivity index (χ1n) is 5.74. The molecule has 5 heteroatoms. The quantitative estimate of drug-likeness (QED) is 0.781. The minimum absolute atomic E-state index is 0.0460. The van der Waals surface area contributed by atoms with Gasteiger partial charge in [0, 0.05) is 31.5 Å². The van der Waals surface area contributed by atoms with Crippen molar-refractivity contribution in [3.05, 3.63) is 48.0 Å². The Hall–Kier alpha value is -2.30. The van der Waals surface area contributed by atoms with E-state index in [1.807, 2.05) is 28.8 Å². The number of nitrogens with two attached hydrogens (primary N) is 1. The smallest absolute Gasteiger partial charge is 0.239 e. The molecular formula is C13H16N4O. The third-order valence-corrected chi connectivity index (χ3v) is 2.80. The molecule has 2 rings (SSSR count). The van der Waals surface area contributed by atoms with Crippen LogP contribution >= 0.6 is 0 Å². The Bertz CT molecular complexity index is 547. The highest BCUT2D eigenvalue weighted by atomic mass is 16.1. The van der Waals surface area contributed by atoms with Crippen LogP contribution in [0.5, 0.6) is 0 Å². The van der Waals surface area contributed by atoms with Crippen molar-refractivity contribution in [3.8, 4) is 0 Å². The van der Waals surface area contributed by atoms with Crippen molar-refractivity contribution in [2.45, 2.75) is 13.0 Å². The molecule has 1 aromatic heterocycles. The second-order valence-electron chi connectivity index (χ2n) is 4.02. The van der Waals surface area contributed by atoms with E-state index in [1.165, 1.54) is 0 Å². The lowest BCUT2D eigenvalue weighted by Gasteiger charge is -2.08. The molecule has 5 nitrogen and oxygen atoms in total. The number of para-hydroxylation sites is 1. The van der Waals surface area contributed by atoms with Crippen molar-refractivity contribution in [1.29, 1.82) is 0 Å². The van der Waals surface area contributed by atoms with Gasteiger partial charge in [-0.3, -0.25) is 4.79 Å². The minimum atomic E-state index is -0.0460. The van der Waals surface area contributed by atoms with Crippen LogP contribution in [0.15, 0.2) is 36.7 Å². The van der Waals surface area contributed by atoms with Crippen LogP contribution in [0.2, 0.25) is 0 Å². The summed E-state index contributed by atoms with van der Waals surface area (Å²) in [6, 6.07) is 7.67. The van der Waals surface area contributed by atoms with Gasteiger partial charge in [-0.05, 0) is 11.6 Å². The summed E-state index contributed by atoms with van der Waals surface area (Å²) >= 11 is 0. The Labute approximate surface area is 106 Å². The van der Waals surface area contributed by atoms with Crippen molar-refractivity contribution in [1.82, 2.24) is 14.9 Å². The summed E-state index contributed by atoms with van der Waals surface area (Å²) in [5.41, 5.74) is 7.66. The first-order valence-corrected chi connectivity index (χ1v) is 5.74. The molecule has 1 amide bonds. The molecule has 2 aromatic rings. The van der Waals surface area contributed by atoms with Crippen molar-refractivity contribution in [2.75, 3.05) is 12.8 Å². The normalized spacial score (nSPS) is 10.3. The predicted octanol–water partition coefficient (Wildman–Crippen LogP) is 0.802. The summed E-state index contributed by atoms with van der Waals surface area (Å²) in [6.07, 6.45) is 4.11. The fraction of sp³-hybridized carbons (Fsp3) is 0.231. The monoisotopic (exact) mass is 244 g/mol. The number of nitrogen functional groups attached to an aromatic ring is 1. The Morgan fingerprint density at radius 1 is 1.44 bits per heavy atom. The standard InChI is InChI=1S/C13H16N4O/c1-15-13(18)9-17-7-6-16-12(17)8-10-4-2-3-5-11(10)14/h2-7H,8-9,14H2,1H3,(H,15,18). The lowest BCUT2D eigenvalue weighted by Crippen LogP contribution is -2.24. The van der Waals surface area contributed by atoms with E-state index in [9.17, 15) is 4.79 Å². The number of nitrogens with one attached hydrogen (secondary N) is 1. The summed E-state index contributed by atoms with van der Waals surface area (Å²) in [5, 5.41) is 2.59. The Balaban J connectivity index is 2.18. The number of carbonyl (C=O) groups is 1. The molecule has 1 aromatic carbocycles. The highest BCUT2D eigenvalue weighted by Gasteiger charge is 2.08. The van der Waals surface area contributed by atoms with Crippen molar-refractivity contribution < 1.29 is 4.79 Å². The summed E-state index contributed by atoms with van der Waals surface area (Å²) in [5.74, 6) is 0.784. The highest BCUT2D eigenvalue weighted by molar-refractivity contribution is 5.75. The molecule has 0 aliphatic carbocycles. The van der Waals surface area contributed by atoms with Gasteiger partial charge in [-0.2, -0.15) is 0 Å². The molecule has 18 heavy (non-hydrogen) atoms. The minimum Gasteiger partial charge on any atom is -0.398 e. The molecule has 94 valence electrons. The summed E-state index contributed by atoms with van der Waals surface area (Å²) in [4.78, 5) is 15.6. The number of benzene rings is 1. The molecule has 0 spiro atoms. The largest absolute Gasteiger partial charge is 0.398 e. The molecule has 0 aliphatic heterocycles. The molecule has 0 aliphatic rings. The van der Waals surface area contributed by atoms with Gasteiger partial charge in [0.15, 0.2) is 0 Å². The zero-order valence-corrected chi connectivity index (χ0v) is 10.3. The number of imidazole rings is 1. The Morgan fingerprint density at radius 2 is 2.22 bits per heavy atom. The number of aromatic nitrogens is 2. The summed E-state index contributed by atoms with van der Waals surface area (Å²) in [6.45, 7) is 0.276. The average molecular weight is 244 g/mol. The van der Waals surface area contributed by atoms with Crippen LogP contribution in [-0.2, 0) is 17.8 Å². The topological polar surface area (TPSA) is 72.9 Å². The molecule has 0 fully saturated rings. The lowest BCUT2D eigenvalue weighted by molar-refractivity contribution is -0.121. The predicted molar refractivity (Wildman–Crippen MR) is 70.0 cm³/mol. The van der Waals surface area contributed by atoms with Crippen LogP contribution < -0.4 is 11.1 Å². The van der Waals surface area contributed by atoms with Gasteiger partial charge in [-0.1, -0.05) is 18.2 Å². The van der Waals surface area contributed by atoms with Crippen LogP contribution in [-0.4, -0.2) is 22.5 Å². The van der Waals surface area contributed by atoms with E-state index in [-0.39, 0.29) is 12.5 Å². The van der Waals surface area contributed by atoms with Crippen LogP contribution in [0.1, 0.15) is 11.4 Å². The molecule has 0 saturated carbocycles. The van der Waals surface area contributed by atoms with Crippen LogP contribution in [0.4, 0.5) is 5.69 Å². The molecule has 0 atom stereocenters. The van der Waals surface area contributed by atoms with Gasteiger partial charge >= 0.3 is 0 Å². The number of hydrogen-bond donors (Lipinski definition) is 2. The Morgan fingerprint density at radius 3 is 2.94 bits per heavy atom. The lowest BCUT2D eigenvalue weighted by atomic mass is 10.1. The van der Waals surface area contributed by atoms with E-state index < -0.39 is 0 Å². The van der Waals surface area contributed by atoms with Gasteiger partial charge in [-0.25, -0.2) is 4.98 Å². The number of nitrogens with zero attached hydrogens (tertiary/aromatic N) is 2. The van der Waals surface area contributed by atoms with Gasteiger partial charge in [0.2, 0.25) is 5.91 Å². The van der Waals surface area contributed by atoms with Gasteiger partial charge in [0.1, 0.15) is 12.4 Å². The van der Waals surface area contributed by atoms with Crippen molar-refractivity contribution in [3.63, 3.8) is 0 Å². The van der Waals surface area contributed by atoms with Crippen molar-refractivity contribution >= 4 is 11.6 Å². The van der Waals surface area contributed by atoms with Gasteiger partial charge in [0.25, 0.3) is 0 Å². The average Bonchev–Trinajstić information content (AvgIpc) is 2.79. The van der Waals surface area contributed by atoms with Crippen LogP contribution in [0, 0.1) is 0 Å². The number of amides is 1. The van der Waals surface area contributed by atoms with Crippen molar-refractivity contribution in [2.24, 2.45) is 0 Å². The first kappa shape index (κ1) is 12.2. The van der Waals surface area contributed by atoms with Crippen LogP contribution in [0.25, 0.3) is 0 Å². The first-order chi connectivity index (χ1) is 8.70. The van der Waals surface area contributed by atoms with Gasteiger partial charge in [-0.15, -0.1) is 0 Å². The molecule has 0 radical (unpaired) electrons. The van der Waals surface area contributed by atoms with E-state index in [1.54, 1.807) is 19.4 Å². The number of carbonyl (C=O) groups excluding carboxylic acids is 1. The highest BCUT2D eigenvalue weighted by Crippen LogP contribution is 2.14. The van der Waals surface area contributed by atoms with E-state index >= 15 is 0 Å². The fourth-order valence-electron chi connectivity index (χ4n) is 1.75. The molecule has 0 bridgehead atoms. The van der Waals surface area contributed by atoms with E-state index in [0.29, 0.717) is 6.42 Å². The molecule has 1 heterocycles. The molecule has 3 N–H and O–H groups in total. The maximum atomic E-state index is 11.4. The maximum Gasteiger partial charge on any atom is 0.239 e. The summed E-state index contributed by atoms with van der Waals surface area (Å²) < 4.78 is 1.82. The molecule has 0 unspecified atom stereocenters. The van der Waals surface area contributed by atoms with Gasteiger partial charge < -0.3 is 15.6 Å². The van der Waals surface area contributed by atoms with E-state index in [4.69, 9.17) is 5.73 Å². The maximum absolute atomic E-state index is 11.4. The zero-order chi connectivity index (χ0) is 13.0. The molecular weight excluding hydrogens is 228 g/mol. The second-order valence-corrected chi connectivity index (χ2v) is 4.02. The van der Waals surface area contributed by atoms with E-state index in [2.05, 4.69) is 10.3 Å². The van der Waals surface area contributed by atoms with Crippen LogP contribution in [0.3, 0.4) is 0 Å². The Kier molecular flexibility index (Phi) is 3.62. The third-order valence-electron chi connectivity index (χ3n) is 2.80. The number of hydrogen-bond acceptors (Lipinski definition) is 3.